The van der Waals surface area contributed by atoms with Gasteiger partial charge in [-0.2, -0.15) is 9.97 Å². The summed E-state index contributed by atoms with van der Waals surface area (Å²) < 4.78 is 17.0. The summed E-state index contributed by atoms with van der Waals surface area (Å²) in [5, 5.41) is 30.2. The molecule has 0 bridgehead atoms. The molecule has 0 spiro atoms. The fraction of sp³-hybridized carbons (Fsp3) is 0.500. The van der Waals surface area contributed by atoms with Crippen LogP contribution in [0.5, 0.6) is 11.9 Å². The first-order valence-corrected chi connectivity index (χ1v) is 6.97. The third kappa shape index (κ3) is 2.18. The molecule has 24 heavy (non-hydrogen) atoms. The third-order valence-electron chi connectivity index (χ3n) is 3.93. The van der Waals surface area contributed by atoms with Crippen LogP contribution in [0.15, 0.2) is 6.33 Å². The van der Waals surface area contributed by atoms with E-state index in [0.29, 0.717) is 5.52 Å². The molecule has 0 aliphatic carbocycles. The smallest absolute Gasteiger partial charge is 0.321 e. The number of terminal acetylenes is 1. The van der Waals surface area contributed by atoms with Crippen LogP contribution in [0.25, 0.3) is 11.2 Å². The molecule has 10 heteroatoms. The number of aliphatic hydroxyl groups excluding tert-OH is 2. The quantitative estimate of drug-likeness (QED) is 0.568. The molecular formula is C14H16N4O6. The number of nitrogens with zero attached hydrogens (tertiary/aromatic N) is 4. The Hall–Kier alpha value is -2.45. The number of rotatable bonds is 4. The lowest BCUT2D eigenvalue weighted by Gasteiger charge is -2.23. The molecule has 2 aromatic rings. The van der Waals surface area contributed by atoms with Crippen molar-refractivity contribution in [3.63, 3.8) is 0 Å². The first-order chi connectivity index (χ1) is 11.5. The molecule has 3 heterocycles. The van der Waals surface area contributed by atoms with Gasteiger partial charge >= 0.3 is 6.01 Å². The molecule has 1 aliphatic rings. The Morgan fingerprint density at radius 3 is 2.71 bits per heavy atom. The molecule has 0 amide bonds. The summed E-state index contributed by atoms with van der Waals surface area (Å²) >= 11 is 0. The predicted molar refractivity (Wildman–Crippen MR) is 79.2 cm³/mol. The van der Waals surface area contributed by atoms with Gasteiger partial charge in [0.2, 0.25) is 5.88 Å². The van der Waals surface area contributed by atoms with Crippen molar-refractivity contribution in [2.24, 2.45) is 0 Å². The highest BCUT2D eigenvalue weighted by molar-refractivity contribution is 5.76. The summed E-state index contributed by atoms with van der Waals surface area (Å²) in [4.78, 5) is 12.3. The van der Waals surface area contributed by atoms with Crippen LogP contribution < -0.4 is 9.47 Å². The van der Waals surface area contributed by atoms with Gasteiger partial charge in [-0.3, -0.25) is 4.57 Å². The number of methoxy groups -OCH3 is 2. The van der Waals surface area contributed by atoms with Crippen LogP contribution in [0.4, 0.5) is 0 Å². The van der Waals surface area contributed by atoms with E-state index in [4.69, 9.17) is 20.6 Å². The molecule has 0 unspecified atom stereocenters. The molecule has 0 saturated carbocycles. The van der Waals surface area contributed by atoms with E-state index in [1.54, 1.807) is 0 Å². The second-order valence-electron chi connectivity index (χ2n) is 5.16. The highest BCUT2D eigenvalue weighted by atomic mass is 16.6. The molecule has 1 saturated heterocycles. The standard InChI is InChI=1S/C14H16N4O6/c1-4-14(21)7(5-19)24-12(9(14)20)18-6-15-8-10(18)16-13(23-3)17-11(8)22-2/h1,6-7,9,12,19-21H,5H2,2-3H3/t7-,9+,12-,14-/m1/s1. The van der Waals surface area contributed by atoms with Crippen LogP contribution in [0.3, 0.4) is 0 Å². The number of hydrogen-bond donors (Lipinski definition) is 3. The van der Waals surface area contributed by atoms with Crippen molar-refractivity contribution in [2.75, 3.05) is 20.8 Å². The number of fused-ring (bicyclic) bond motifs is 1. The molecular weight excluding hydrogens is 320 g/mol. The van der Waals surface area contributed by atoms with E-state index in [0.717, 1.165) is 0 Å². The van der Waals surface area contributed by atoms with Crippen molar-refractivity contribution in [2.45, 2.75) is 24.0 Å². The van der Waals surface area contributed by atoms with Gasteiger partial charge in [0.05, 0.1) is 27.2 Å². The van der Waals surface area contributed by atoms with Crippen molar-refractivity contribution >= 4 is 11.2 Å². The zero-order chi connectivity index (χ0) is 17.5. The summed E-state index contributed by atoms with van der Waals surface area (Å²) in [5.41, 5.74) is -1.48. The van der Waals surface area contributed by atoms with Gasteiger partial charge in [0, 0.05) is 0 Å². The highest BCUT2D eigenvalue weighted by Crippen LogP contribution is 2.38. The Labute approximate surface area is 136 Å². The summed E-state index contributed by atoms with van der Waals surface area (Å²) in [6.45, 7) is -0.567. The maximum atomic E-state index is 10.4. The van der Waals surface area contributed by atoms with Gasteiger partial charge in [0.25, 0.3) is 0 Å². The molecule has 2 aromatic heterocycles. The lowest BCUT2D eigenvalue weighted by molar-refractivity contribution is -0.0605. The molecule has 128 valence electrons. The number of ether oxygens (including phenoxy) is 3. The van der Waals surface area contributed by atoms with Crippen molar-refractivity contribution in [1.29, 1.82) is 0 Å². The second-order valence-corrected chi connectivity index (χ2v) is 5.16. The highest BCUT2D eigenvalue weighted by Gasteiger charge is 2.55. The van der Waals surface area contributed by atoms with Gasteiger partial charge in [0.1, 0.15) is 12.2 Å². The van der Waals surface area contributed by atoms with Gasteiger partial charge in [-0.15, -0.1) is 6.42 Å². The van der Waals surface area contributed by atoms with E-state index in [9.17, 15) is 15.3 Å². The van der Waals surface area contributed by atoms with Crippen LogP contribution in [0.2, 0.25) is 0 Å². The van der Waals surface area contributed by atoms with Gasteiger partial charge in [-0.1, -0.05) is 5.92 Å². The number of imidazole rings is 1. The number of hydrogen-bond acceptors (Lipinski definition) is 9. The zero-order valence-corrected chi connectivity index (χ0v) is 12.9. The molecule has 4 atom stereocenters. The van der Waals surface area contributed by atoms with E-state index >= 15 is 0 Å². The lowest BCUT2D eigenvalue weighted by atomic mass is 9.93. The van der Waals surface area contributed by atoms with Crippen molar-refractivity contribution in [3.8, 4) is 24.2 Å². The second kappa shape index (κ2) is 5.88. The average molecular weight is 336 g/mol. The van der Waals surface area contributed by atoms with E-state index in [2.05, 4.69) is 20.9 Å². The van der Waals surface area contributed by atoms with Gasteiger partial charge in [-0.05, 0) is 0 Å². The van der Waals surface area contributed by atoms with Crippen molar-refractivity contribution in [1.82, 2.24) is 19.5 Å². The molecule has 3 N–H and O–H groups in total. The maximum Gasteiger partial charge on any atom is 0.321 e. The molecule has 3 rings (SSSR count). The first kappa shape index (κ1) is 16.4. The Balaban J connectivity index is 2.12. The normalized spacial score (nSPS) is 29.6. The van der Waals surface area contributed by atoms with Crippen LogP contribution in [-0.2, 0) is 4.74 Å². The third-order valence-corrected chi connectivity index (χ3v) is 3.93. The largest absolute Gasteiger partial charge is 0.479 e. The summed E-state index contributed by atoms with van der Waals surface area (Å²) in [5.74, 6) is 2.26. The first-order valence-electron chi connectivity index (χ1n) is 6.97. The van der Waals surface area contributed by atoms with Gasteiger partial charge < -0.3 is 29.5 Å². The Morgan fingerprint density at radius 1 is 1.42 bits per heavy atom. The minimum Gasteiger partial charge on any atom is -0.479 e. The Kier molecular flexibility index (Phi) is 4.02. The average Bonchev–Trinajstić information content (AvgIpc) is 3.14. The lowest BCUT2D eigenvalue weighted by Crippen LogP contribution is -2.47. The minimum atomic E-state index is -2.04. The van der Waals surface area contributed by atoms with E-state index < -0.39 is 30.6 Å². The van der Waals surface area contributed by atoms with Gasteiger partial charge in [0.15, 0.2) is 23.0 Å². The van der Waals surface area contributed by atoms with E-state index in [1.807, 2.05) is 0 Å². The van der Waals surface area contributed by atoms with E-state index in [-0.39, 0.29) is 17.5 Å². The zero-order valence-electron chi connectivity index (χ0n) is 12.9. The minimum absolute atomic E-state index is 0.0273. The molecule has 0 aromatic carbocycles. The predicted octanol–water partition coefficient (Wildman–Crippen LogP) is -1.54. The summed E-state index contributed by atoms with van der Waals surface area (Å²) in [6, 6.07) is 0.0273. The number of aliphatic hydroxyl groups is 3. The van der Waals surface area contributed by atoms with Crippen LogP contribution in [0.1, 0.15) is 6.23 Å². The Bertz CT molecular complexity index is 802. The van der Waals surface area contributed by atoms with Crippen molar-refractivity contribution < 1.29 is 29.5 Å². The van der Waals surface area contributed by atoms with Crippen LogP contribution in [-0.4, -0.2) is 73.5 Å². The summed E-state index contributed by atoms with van der Waals surface area (Å²) in [7, 11) is 2.81. The molecule has 1 aliphatic heterocycles. The monoisotopic (exact) mass is 336 g/mol. The fourth-order valence-electron chi connectivity index (χ4n) is 2.62. The van der Waals surface area contributed by atoms with Crippen LogP contribution >= 0.6 is 0 Å². The topological polar surface area (TPSA) is 132 Å². The Morgan fingerprint density at radius 2 is 2.17 bits per heavy atom. The van der Waals surface area contributed by atoms with E-state index in [1.165, 1.54) is 25.1 Å². The molecule has 10 nitrogen and oxygen atoms in total. The molecule has 1 fully saturated rings. The molecule has 0 radical (unpaired) electrons. The SMILES string of the molecule is C#C[C@@]1(O)[C@@H](CO)O[C@@H](n2cnc3c(OC)nc(OC)nc32)[C@@H]1O. The van der Waals surface area contributed by atoms with Crippen LogP contribution in [0, 0.1) is 12.3 Å². The number of aromatic nitrogens is 4. The maximum absolute atomic E-state index is 10.4. The van der Waals surface area contributed by atoms with Gasteiger partial charge in [-0.25, -0.2) is 4.98 Å². The summed E-state index contributed by atoms with van der Waals surface area (Å²) in [6.07, 6.45) is 2.86. The fourth-order valence-corrected chi connectivity index (χ4v) is 2.62. The van der Waals surface area contributed by atoms with Crippen molar-refractivity contribution in [3.05, 3.63) is 6.33 Å².